The first-order valence-electron chi connectivity index (χ1n) is 24.6. The standard InChI is InChI=1S/C66H41N5S2/c1-6-20-42(21-7-1)59-39-53-61(72-59)62-54(40-60(73-62)43-22-8-2-9-23-43)66(53)51-31-17-19-33-56(51)71(58-41-57-50(38-52(58)66)49-30-16-18-32-55(49)70(57)47-28-14-5-15-29-47)48-36-34-46(35-37-48)65-68-63(44-24-10-3-11-25-44)67-64(69-65)45-26-12-4-13-27-45/h1-41H. The maximum atomic E-state index is 5.11. The summed E-state index contributed by atoms with van der Waals surface area (Å²) in [4.78, 5) is 22.9. The molecule has 1 aliphatic heterocycles. The van der Waals surface area contributed by atoms with Crippen LogP contribution in [0.15, 0.2) is 249 Å². The van der Waals surface area contributed by atoms with E-state index < -0.39 is 5.41 Å². The molecule has 0 saturated heterocycles. The molecule has 0 amide bonds. The first-order chi connectivity index (χ1) is 36.2. The monoisotopic (exact) mass is 967 g/mol. The number of aromatic nitrogens is 4. The van der Waals surface area contributed by atoms with Crippen molar-refractivity contribution in [1.29, 1.82) is 0 Å². The molecule has 5 heterocycles. The van der Waals surface area contributed by atoms with Gasteiger partial charge in [-0.25, -0.2) is 15.0 Å². The quantitative estimate of drug-likeness (QED) is 0.160. The van der Waals surface area contributed by atoms with Gasteiger partial charge < -0.3 is 9.47 Å². The van der Waals surface area contributed by atoms with Gasteiger partial charge in [-0.2, -0.15) is 0 Å². The third kappa shape index (κ3) is 6.42. The fraction of sp³-hybridized carbons (Fsp3) is 0.0152. The molecule has 0 N–H and O–H groups in total. The predicted octanol–water partition coefficient (Wildman–Crippen LogP) is 17.6. The average Bonchev–Trinajstić information content (AvgIpc) is 4.28. The molecule has 2 aliphatic rings. The molecule has 0 saturated carbocycles. The number of anilines is 3. The smallest absolute Gasteiger partial charge is 0.164 e. The molecule has 7 heteroatoms. The van der Waals surface area contributed by atoms with Gasteiger partial charge in [0, 0.05) is 48.6 Å². The number of hydrogen-bond donors (Lipinski definition) is 0. The lowest BCUT2D eigenvalue weighted by atomic mass is 9.65. The van der Waals surface area contributed by atoms with Crippen LogP contribution >= 0.6 is 22.7 Å². The van der Waals surface area contributed by atoms with Crippen molar-refractivity contribution in [2.45, 2.75) is 5.41 Å². The van der Waals surface area contributed by atoms with Gasteiger partial charge in [0.1, 0.15) is 0 Å². The van der Waals surface area contributed by atoms with E-state index >= 15 is 0 Å². The van der Waals surface area contributed by atoms with E-state index in [2.05, 4.69) is 222 Å². The molecule has 0 unspecified atom stereocenters. The van der Waals surface area contributed by atoms with Gasteiger partial charge in [-0.15, -0.1) is 22.7 Å². The van der Waals surface area contributed by atoms with Crippen LogP contribution in [-0.2, 0) is 5.41 Å². The highest BCUT2D eigenvalue weighted by Crippen LogP contribution is 2.68. The van der Waals surface area contributed by atoms with Crippen molar-refractivity contribution in [3.63, 3.8) is 0 Å². The van der Waals surface area contributed by atoms with E-state index in [0.29, 0.717) is 17.5 Å². The third-order valence-electron chi connectivity index (χ3n) is 14.7. The summed E-state index contributed by atoms with van der Waals surface area (Å²) < 4.78 is 2.44. The largest absolute Gasteiger partial charge is 0.310 e. The van der Waals surface area contributed by atoms with Gasteiger partial charge in [0.15, 0.2) is 17.5 Å². The Labute approximate surface area is 430 Å². The molecule has 0 fully saturated rings. The molecular formula is C66H41N5S2. The summed E-state index contributed by atoms with van der Waals surface area (Å²) in [5.74, 6) is 1.90. The first-order valence-corrected chi connectivity index (χ1v) is 26.2. The fourth-order valence-corrected chi connectivity index (χ4v) is 14.1. The first kappa shape index (κ1) is 41.7. The van der Waals surface area contributed by atoms with Crippen LogP contribution in [0, 0.1) is 0 Å². The van der Waals surface area contributed by atoms with Crippen LogP contribution in [0.2, 0.25) is 0 Å². The zero-order valence-electron chi connectivity index (χ0n) is 39.2. The van der Waals surface area contributed by atoms with Crippen molar-refractivity contribution in [2.24, 2.45) is 0 Å². The van der Waals surface area contributed by atoms with Crippen LogP contribution < -0.4 is 4.90 Å². The summed E-state index contributed by atoms with van der Waals surface area (Å²) in [6.45, 7) is 0. The Balaban J connectivity index is 1.00. The van der Waals surface area contributed by atoms with E-state index in [1.54, 1.807) is 0 Å². The van der Waals surface area contributed by atoms with E-state index in [0.717, 1.165) is 45.0 Å². The Kier molecular flexibility index (Phi) is 9.46. The zero-order chi connectivity index (χ0) is 48.0. The van der Waals surface area contributed by atoms with Crippen LogP contribution in [0.25, 0.3) is 92.3 Å². The molecule has 0 atom stereocenters. The van der Waals surface area contributed by atoms with Crippen LogP contribution in [0.4, 0.5) is 17.1 Å². The minimum atomic E-state index is -0.642. The summed E-state index contributed by atoms with van der Waals surface area (Å²) in [5.41, 5.74) is 16.6. The summed E-state index contributed by atoms with van der Waals surface area (Å²) in [6, 6.07) is 89.8. The topological polar surface area (TPSA) is 46.8 Å². The molecule has 1 spiro atoms. The molecule has 0 bridgehead atoms. The molecule has 5 nitrogen and oxygen atoms in total. The maximum Gasteiger partial charge on any atom is 0.164 e. The molecule has 13 aromatic rings. The number of thiophene rings is 2. The Morgan fingerprint density at radius 3 is 1.34 bits per heavy atom. The highest BCUT2D eigenvalue weighted by molar-refractivity contribution is 7.25. The molecule has 0 radical (unpaired) electrons. The Morgan fingerprint density at radius 2 is 0.781 bits per heavy atom. The summed E-state index contributed by atoms with van der Waals surface area (Å²) in [7, 11) is 0. The normalized spacial score (nSPS) is 13.0. The van der Waals surface area contributed by atoms with Crippen LogP contribution in [0.5, 0.6) is 0 Å². The number of nitrogens with zero attached hydrogens (tertiary/aromatic N) is 5. The van der Waals surface area contributed by atoms with Crippen molar-refractivity contribution < 1.29 is 0 Å². The molecule has 15 rings (SSSR count). The number of benzene rings is 9. The van der Waals surface area contributed by atoms with Crippen molar-refractivity contribution in [1.82, 2.24) is 19.5 Å². The lowest BCUT2D eigenvalue weighted by Crippen LogP contribution is -2.36. The average molecular weight is 968 g/mol. The van der Waals surface area contributed by atoms with E-state index in [4.69, 9.17) is 15.0 Å². The van der Waals surface area contributed by atoms with Gasteiger partial charge in [-0.05, 0) is 106 Å². The minimum Gasteiger partial charge on any atom is -0.310 e. The molecule has 73 heavy (non-hydrogen) atoms. The second kappa shape index (κ2) is 16.5. The van der Waals surface area contributed by atoms with Crippen molar-refractivity contribution in [3.05, 3.63) is 271 Å². The van der Waals surface area contributed by atoms with Gasteiger partial charge in [0.2, 0.25) is 0 Å². The van der Waals surface area contributed by atoms with Gasteiger partial charge >= 0.3 is 0 Å². The summed E-state index contributed by atoms with van der Waals surface area (Å²) >= 11 is 3.85. The number of para-hydroxylation sites is 3. The van der Waals surface area contributed by atoms with Crippen LogP contribution in [0.1, 0.15) is 22.3 Å². The van der Waals surface area contributed by atoms with E-state index in [-0.39, 0.29) is 0 Å². The molecule has 4 aromatic heterocycles. The minimum absolute atomic E-state index is 0.621. The number of fused-ring (bicyclic) bond motifs is 12. The molecule has 342 valence electrons. The van der Waals surface area contributed by atoms with Crippen LogP contribution in [0.3, 0.4) is 0 Å². The number of hydrogen-bond acceptors (Lipinski definition) is 6. The van der Waals surface area contributed by atoms with Crippen molar-refractivity contribution >= 4 is 61.5 Å². The molecule has 9 aromatic carbocycles. The van der Waals surface area contributed by atoms with E-state index in [1.165, 1.54) is 69.2 Å². The van der Waals surface area contributed by atoms with Gasteiger partial charge in [0.25, 0.3) is 0 Å². The fourth-order valence-electron chi connectivity index (χ4n) is 11.5. The highest BCUT2D eigenvalue weighted by atomic mass is 32.1. The highest BCUT2D eigenvalue weighted by Gasteiger charge is 2.54. The summed E-state index contributed by atoms with van der Waals surface area (Å²) in [5, 5.41) is 2.44. The lowest BCUT2D eigenvalue weighted by molar-refractivity contribution is 0.758. The van der Waals surface area contributed by atoms with E-state index in [9.17, 15) is 0 Å². The SMILES string of the molecule is c1ccc(-c2nc(-c3ccccc3)nc(-c3ccc(N4c5ccccc5C5(c6cc7c8ccccc8n(-c8ccccc8)c7cc64)c4cc(-c6ccccc6)sc4-c4sc(-c6ccccc6)cc45)cc3)n2)cc1. The van der Waals surface area contributed by atoms with Crippen molar-refractivity contribution in [2.75, 3.05) is 4.90 Å². The second-order valence-electron chi connectivity index (χ2n) is 18.7. The zero-order valence-corrected chi connectivity index (χ0v) is 40.9. The number of rotatable bonds is 7. The Morgan fingerprint density at radius 1 is 0.315 bits per heavy atom. The second-order valence-corrected chi connectivity index (χ2v) is 20.8. The van der Waals surface area contributed by atoms with E-state index in [1.807, 2.05) is 59.1 Å². The third-order valence-corrected chi connectivity index (χ3v) is 17.2. The molecular weight excluding hydrogens is 927 g/mol. The van der Waals surface area contributed by atoms with Gasteiger partial charge in [0.05, 0.1) is 37.6 Å². The Hall–Kier alpha value is -9.01. The van der Waals surface area contributed by atoms with Gasteiger partial charge in [-0.3, -0.25) is 0 Å². The predicted molar refractivity (Wildman–Crippen MR) is 303 cm³/mol. The van der Waals surface area contributed by atoms with Crippen LogP contribution in [-0.4, -0.2) is 19.5 Å². The Bertz CT molecular complexity index is 4100. The molecule has 1 aliphatic carbocycles. The van der Waals surface area contributed by atoms with Gasteiger partial charge in [-0.1, -0.05) is 176 Å². The maximum absolute atomic E-state index is 5.11. The lowest BCUT2D eigenvalue weighted by Gasteiger charge is -2.44. The summed E-state index contributed by atoms with van der Waals surface area (Å²) in [6.07, 6.45) is 0. The van der Waals surface area contributed by atoms with Crippen molar-refractivity contribution in [3.8, 4) is 70.5 Å².